The lowest BCUT2D eigenvalue weighted by atomic mass is 10.1. The van der Waals surface area contributed by atoms with Crippen molar-refractivity contribution >= 4 is 5.95 Å². The van der Waals surface area contributed by atoms with E-state index in [0.29, 0.717) is 23.2 Å². The van der Waals surface area contributed by atoms with E-state index in [1.807, 2.05) is 47.6 Å². The van der Waals surface area contributed by atoms with Crippen molar-refractivity contribution in [2.45, 2.75) is 69.0 Å². The van der Waals surface area contributed by atoms with Gasteiger partial charge >= 0.3 is 0 Å². The van der Waals surface area contributed by atoms with Crippen LogP contribution in [0.5, 0.6) is 0 Å². The lowest BCUT2D eigenvalue weighted by molar-refractivity contribution is 0.828. The number of aromatic nitrogens is 4. The Morgan fingerprint density at radius 1 is 0.774 bits per heavy atom. The van der Waals surface area contributed by atoms with Gasteiger partial charge in [0.05, 0.1) is 0 Å². The first-order chi connectivity index (χ1) is 14.8. The van der Waals surface area contributed by atoms with Crippen molar-refractivity contribution in [3.8, 4) is 23.4 Å². The van der Waals surface area contributed by atoms with Gasteiger partial charge in [-0.05, 0) is 36.1 Å². The van der Waals surface area contributed by atoms with E-state index in [1.54, 1.807) is 25.4 Å². The summed E-state index contributed by atoms with van der Waals surface area (Å²) in [6.07, 6.45) is 3.46. The van der Waals surface area contributed by atoms with Gasteiger partial charge in [-0.2, -0.15) is 0 Å². The van der Waals surface area contributed by atoms with Crippen molar-refractivity contribution < 1.29 is 0 Å². The van der Waals surface area contributed by atoms with Gasteiger partial charge in [0, 0.05) is 25.5 Å². The molecule has 5 nitrogen and oxygen atoms in total. The van der Waals surface area contributed by atoms with Gasteiger partial charge in [0.1, 0.15) is 11.4 Å². The van der Waals surface area contributed by atoms with Crippen molar-refractivity contribution in [3.05, 3.63) is 65.6 Å². The summed E-state index contributed by atoms with van der Waals surface area (Å²) in [6, 6.07) is 12.0. The van der Waals surface area contributed by atoms with Gasteiger partial charge in [-0.15, -0.1) is 0 Å². The first kappa shape index (κ1) is 27.7. The van der Waals surface area contributed by atoms with Crippen LogP contribution in [0.25, 0.3) is 11.5 Å². The molecule has 0 saturated heterocycles. The number of anilines is 1. The van der Waals surface area contributed by atoms with Gasteiger partial charge < -0.3 is 4.90 Å². The number of nitrogens with zero attached hydrogens (tertiary/aromatic N) is 5. The van der Waals surface area contributed by atoms with Crippen LogP contribution in [0.2, 0.25) is 0 Å². The molecule has 3 aromatic rings. The SMILES string of the molecule is C.CC.CC.CC.CC#Cc1ccnc(-c2ccnc(N3Cc4ccccc4C3)n2)n1. The maximum absolute atomic E-state index is 4.65. The van der Waals surface area contributed by atoms with Gasteiger partial charge in [0.15, 0.2) is 5.82 Å². The van der Waals surface area contributed by atoms with Crippen LogP contribution in [0.1, 0.15) is 72.7 Å². The minimum atomic E-state index is 0. The molecule has 0 saturated carbocycles. The minimum absolute atomic E-state index is 0. The zero-order valence-corrected chi connectivity index (χ0v) is 19.3. The third-order valence-corrected chi connectivity index (χ3v) is 3.90. The molecule has 2 aromatic heterocycles. The molecule has 0 bridgehead atoms. The van der Waals surface area contributed by atoms with Crippen molar-refractivity contribution in [1.82, 2.24) is 19.9 Å². The summed E-state index contributed by atoms with van der Waals surface area (Å²) >= 11 is 0. The third-order valence-electron chi connectivity index (χ3n) is 3.90. The van der Waals surface area contributed by atoms with E-state index in [1.165, 1.54) is 11.1 Å². The molecular formula is C26H37N5. The molecule has 166 valence electrons. The van der Waals surface area contributed by atoms with Crippen LogP contribution >= 0.6 is 0 Å². The first-order valence-corrected chi connectivity index (χ1v) is 10.7. The number of rotatable bonds is 2. The number of benzene rings is 1. The topological polar surface area (TPSA) is 54.8 Å². The van der Waals surface area contributed by atoms with Gasteiger partial charge in [0.25, 0.3) is 0 Å². The lowest BCUT2D eigenvalue weighted by Crippen LogP contribution is -2.17. The lowest BCUT2D eigenvalue weighted by Gasteiger charge is -2.15. The molecule has 0 N–H and O–H groups in total. The van der Waals surface area contributed by atoms with E-state index in [2.05, 4.69) is 60.9 Å². The summed E-state index contributed by atoms with van der Waals surface area (Å²) in [5, 5.41) is 0. The molecule has 0 spiro atoms. The fraction of sp³-hybridized carbons (Fsp3) is 0.385. The second kappa shape index (κ2) is 15.6. The van der Waals surface area contributed by atoms with Gasteiger partial charge in [0.2, 0.25) is 5.95 Å². The molecule has 0 amide bonds. The molecule has 3 heterocycles. The second-order valence-electron chi connectivity index (χ2n) is 5.51. The highest BCUT2D eigenvalue weighted by Gasteiger charge is 2.21. The smallest absolute Gasteiger partial charge is 0.226 e. The van der Waals surface area contributed by atoms with Gasteiger partial charge in [-0.1, -0.05) is 79.2 Å². The van der Waals surface area contributed by atoms with Crippen molar-refractivity contribution in [2.24, 2.45) is 0 Å². The average molecular weight is 420 g/mol. The molecule has 0 atom stereocenters. The highest BCUT2D eigenvalue weighted by molar-refractivity contribution is 5.53. The van der Waals surface area contributed by atoms with Crippen LogP contribution in [0.3, 0.4) is 0 Å². The average Bonchev–Trinajstić information content (AvgIpc) is 3.28. The zero-order valence-electron chi connectivity index (χ0n) is 19.3. The minimum Gasteiger partial charge on any atom is -0.332 e. The Bertz CT molecular complexity index is 932. The van der Waals surface area contributed by atoms with Crippen LogP contribution in [0, 0.1) is 11.8 Å². The molecule has 4 rings (SSSR count). The maximum Gasteiger partial charge on any atom is 0.226 e. The highest BCUT2D eigenvalue weighted by Crippen LogP contribution is 2.26. The zero-order chi connectivity index (χ0) is 22.4. The summed E-state index contributed by atoms with van der Waals surface area (Å²) in [6.45, 7) is 15.4. The molecule has 1 aromatic carbocycles. The van der Waals surface area contributed by atoms with Crippen LogP contribution < -0.4 is 4.90 Å². The van der Waals surface area contributed by atoms with E-state index in [0.717, 1.165) is 13.1 Å². The predicted octanol–water partition coefficient (Wildman–Crippen LogP) is 6.54. The van der Waals surface area contributed by atoms with E-state index in [4.69, 9.17) is 0 Å². The highest BCUT2D eigenvalue weighted by atomic mass is 15.3. The maximum atomic E-state index is 4.65. The molecular weight excluding hydrogens is 382 g/mol. The van der Waals surface area contributed by atoms with Crippen molar-refractivity contribution in [1.29, 1.82) is 0 Å². The monoisotopic (exact) mass is 419 g/mol. The molecule has 5 heteroatoms. The number of hydrogen-bond donors (Lipinski definition) is 0. The van der Waals surface area contributed by atoms with Crippen LogP contribution in [-0.4, -0.2) is 19.9 Å². The quantitative estimate of drug-likeness (QED) is 0.441. The van der Waals surface area contributed by atoms with E-state index >= 15 is 0 Å². The third kappa shape index (κ3) is 7.49. The summed E-state index contributed by atoms with van der Waals surface area (Å²) in [5.41, 5.74) is 4.04. The Morgan fingerprint density at radius 2 is 1.35 bits per heavy atom. The van der Waals surface area contributed by atoms with Gasteiger partial charge in [-0.3, -0.25) is 0 Å². The normalized spacial score (nSPS) is 10.2. The van der Waals surface area contributed by atoms with Crippen LogP contribution in [0.4, 0.5) is 5.95 Å². The van der Waals surface area contributed by atoms with E-state index in [-0.39, 0.29) is 7.43 Å². The van der Waals surface area contributed by atoms with E-state index < -0.39 is 0 Å². The molecule has 31 heavy (non-hydrogen) atoms. The standard InChI is InChI=1S/C19H15N5.3C2H6.CH4/c1-2-5-16-8-10-20-18(22-16)17-9-11-21-19(23-17)24-12-14-6-3-4-7-15(14)13-24;3*1-2;/h3-4,6-11H,12-13H2,1H3;3*1-2H3;1H4. The number of fused-ring (bicyclic) bond motifs is 1. The Kier molecular flexibility index (Phi) is 13.9. The Labute approximate surface area is 189 Å². The molecule has 1 aliphatic heterocycles. The summed E-state index contributed by atoms with van der Waals surface area (Å²) in [5.74, 6) is 7.05. The van der Waals surface area contributed by atoms with Crippen molar-refractivity contribution in [2.75, 3.05) is 4.90 Å². The molecule has 0 radical (unpaired) electrons. The fourth-order valence-electron chi connectivity index (χ4n) is 2.78. The second-order valence-corrected chi connectivity index (χ2v) is 5.51. The number of hydrogen-bond acceptors (Lipinski definition) is 5. The largest absolute Gasteiger partial charge is 0.332 e. The Morgan fingerprint density at radius 3 is 1.94 bits per heavy atom. The Balaban J connectivity index is 0.00000119. The summed E-state index contributed by atoms with van der Waals surface area (Å²) in [4.78, 5) is 20.0. The summed E-state index contributed by atoms with van der Waals surface area (Å²) in [7, 11) is 0. The predicted molar refractivity (Wildman–Crippen MR) is 133 cm³/mol. The van der Waals surface area contributed by atoms with Crippen LogP contribution in [-0.2, 0) is 13.1 Å². The molecule has 1 aliphatic rings. The van der Waals surface area contributed by atoms with Gasteiger partial charge in [-0.25, -0.2) is 19.9 Å². The fourth-order valence-corrected chi connectivity index (χ4v) is 2.78. The Hall–Kier alpha value is -3.26. The molecule has 0 aliphatic carbocycles. The van der Waals surface area contributed by atoms with Crippen LogP contribution in [0.15, 0.2) is 48.8 Å². The van der Waals surface area contributed by atoms with Crippen molar-refractivity contribution in [3.63, 3.8) is 0 Å². The first-order valence-electron chi connectivity index (χ1n) is 10.7. The summed E-state index contributed by atoms with van der Waals surface area (Å²) < 4.78 is 0. The van der Waals surface area contributed by atoms with E-state index in [9.17, 15) is 0 Å². The molecule has 0 fully saturated rings. The molecule has 0 unspecified atom stereocenters.